The van der Waals surface area contributed by atoms with Crippen molar-refractivity contribution in [3.8, 4) is 0 Å². The van der Waals surface area contributed by atoms with Gasteiger partial charge in [-0.15, -0.1) is 0 Å². The average Bonchev–Trinajstić information content (AvgIpc) is 2.64. The molecule has 2 N–H and O–H groups in total. The Morgan fingerprint density at radius 3 is 2.85 bits per heavy atom. The maximum atomic E-state index is 12.0. The molecule has 0 saturated heterocycles. The monoisotopic (exact) mass is 357 g/mol. The van der Waals surface area contributed by atoms with Crippen molar-refractivity contribution in [1.82, 2.24) is 9.78 Å². The van der Waals surface area contributed by atoms with Crippen LogP contribution in [-0.2, 0) is 18.4 Å². The highest BCUT2D eigenvalue weighted by Crippen LogP contribution is 2.25. The van der Waals surface area contributed by atoms with Crippen molar-refractivity contribution in [2.45, 2.75) is 13.5 Å². The molecular formula is C13H13BrClN3O2. The highest BCUT2D eigenvalue weighted by atomic mass is 79.9. The third-order valence-electron chi connectivity index (χ3n) is 2.87. The number of carbonyl (C=O) groups excluding carboxylic acids is 1. The number of nitrogen functional groups attached to an aromatic ring is 1. The van der Waals surface area contributed by atoms with E-state index in [4.69, 9.17) is 22.1 Å². The van der Waals surface area contributed by atoms with Crippen LogP contribution < -0.4 is 5.73 Å². The summed E-state index contributed by atoms with van der Waals surface area (Å²) >= 11 is 9.35. The Morgan fingerprint density at radius 1 is 1.55 bits per heavy atom. The van der Waals surface area contributed by atoms with Crippen molar-refractivity contribution < 1.29 is 9.53 Å². The first-order chi connectivity index (χ1) is 9.41. The molecule has 1 heterocycles. The number of carbonyl (C=O) groups is 1. The largest absolute Gasteiger partial charge is 0.457 e. The van der Waals surface area contributed by atoms with E-state index in [1.807, 2.05) is 6.92 Å². The standard InChI is InChI=1S/C13H13BrClN3O2/c1-7-9(12(15)18(2)17-7)6-20-13(19)8-4-3-5-10(16)11(8)14/h3-5H,6,16H2,1-2H3. The first-order valence-electron chi connectivity index (χ1n) is 5.81. The van der Waals surface area contributed by atoms with Crippen LogP contribution >= 0.6 is 27.5 Å². The van der Waals surface area contributed by atoms with Crippen molar-refractivity contribution in [2.24, 2.45) is 7.05 Å². The van der Waals surface area contributed by atoms with Gasteiger partial charge >= 0.3 is 5.97 Å². The maximum Gasteiger partial charge on any atom is 0.339 e. The third kappa shape index (κ3) is 2.81. The third-order valence-corrected chi connectivity index (χ3v) is 4.22. The van der Waals surface area contributed by atoms with E-state index in [0.717, 1.165) is 5.69 Å². The first kappa shape index (κ1) is 14.9. The van der Waals surface area contributed by atoms with Gasteiger partial charge in [-0.1, -0.05) is 17.7 Å². The predicted octanol–water partition coefficient (Wildman–Crippen LogP) is 3.08. The number of nitrogens with zero attached hydrogens (tertiary/aromatic N) is 2. The second kappa shape index (κ2) is 5.85. The molecule has 7 heteroatoms. The summed E-state index contributed by atoms with van der Waals surface area (Å²) in [6.45, 7) is 1.88. The molecule has 0 radical (unpaired) electrons. The zero-order valence-electron chi connectivity index (χ0n) is 11.0. The second-order valence-electron chi connectivity index (χ2n) is 4.26. The number of rotatable bonds is 3. The number of aryl methyl sites for hydroxylation is 2. The molecule has 0 bridgehead atoms. The fourth-order valence-corrected chi connectivity index (χ4v) is 2.42. The normalized spacial score (nSPS) is 10.6. The Morgan fingerprint density at radius 2 is 2.25 bits per heavy atom. The minimum Gasteiger partial charge on any atom is -0.457 e. The van der Waals surface area contributed by atoms with Gasteiger partial charge in [0.15, 0.2) is 0 Å². The predicted molar refractivity (Wildman–Crippen MR) is 80.6 cm³/mol. The summed E-state index contributed by atoms with van der Waals surface area (Å²) in [7, 11) is 1.73. The van der Waals surface area contributed by atoms with Crippen LogP contribution in [0, 0.1) is 6.92 Å². The van der Waals surface area contributed by atoms with Gasteiger partial charge < -0.3 is 10.5 Å². The Kier molecular flexibility index (Phi) is 4.35. The van der Waals surface area contributed by atoms with Crippen molar-refractivity contribution in [2.75, 3.05) is 5.73 Å². The van der Waals surface area contributed by atoms with Gasteiger partial charge in [0.05, 0.1) is 15.7 Å². The molecular weight excluding hydrogens is 346 g/mol. The van der Waals surface area contributed by atoms with E-state index in [2.05, 4.69) is 21.0 Å². The van der Waals surface area contributed by atoms with Crippen molar-refractivity contribution in [3.63, 3.8) is 0 Å². The Hall–Kier alpha value is -1.53. The summed E-state index contributed by atoms with van der Waals surface area (Å²) in [6.07, 6.45) is 0. The quantitative estimate of drug-likeness (QED) is 0.676. The molecule has 2 aromatic rings. The van der Waals surface area contributed by atoms with E-state index in [9.17, 15) is 4.79 Å². The van der Waals surface area contributed by atoms with Gasteiger partial charge in [0.1, 0.15) is 11.8 Å². The van der Waals surface area contributed by atoms with Crippen molar-refractivity contribution >= 4 is 39.2 Å². The number of nitrogens with two attached hydrogens (primary N) is 1. The van der Waals surface area contributed by atoms with Gasteiger partial charge in [-0.05, 0) is 35.0 Å². The summed E-state index contributed by atoms with van der Waals surface area (Å²) in [5, 5.41) is 4.62. The van der Waals surface area contributed by atoms with E-state index in [1.54, 1.807) is 25.2 Å². The molecule has 1 aromatic heterocycles. The van der Waals surface area contributed by atoms with E-state index >= 15 is 0 Å². The number of hydrogen-bond acceptors (Lipinski definition) is 4. The van der Waals surface area contributed by atoms with Crippen LogP contribution in [0.3, 0.4) is 0 Å². The van der Waals surface area contributed by atoms with Gasteiger partial charge in [0, 0.05) is 18.3 Å². The lowest BCUT2D eigenvalue weighted by molar-refractivity contribution is 0.0471. The van der Waals surface area contributed by atoms with E-state index in [1.165, 1.54) is 4.68 Å². The van der Waals surface area contributed by atoms with Crippen molar-refractivity contribution in [1.29, 1.82) is 0 Å². The molecule has 5 nitrogen and oxygen atoms in total. The number of halogens is 2. The number of ether oxygens (including phenoxy) is 1. The topological polar surface area (TPSA) is 70.1 Å². The number of hydrogen-bond donors (Lipinski definition) is 1. The second-order valence-corrected chi connectivity index (χ2v) is 5.41. The summed E-state index contributed by atoms with van der Waals surface area (Å²) in [4.78, 5) is 12.0. The van der Waals surface area contributed by atoms with Crippen LogP contribution in [0.5, 0.6) is 0 Å². The fourth-order valence-electron chi connectivity index (χ4n) is 1.76. The van der Waals surface area contributed by atoms with Crippen LogP contribution in [0.1, 0.15) is 21.6 Å². The molecule has 0 unspecified atom stereocenters. The lowest BCUT2D eigenvalue weighted by Gasteiger charge is -2.07. The summed E-state index contributed by atoms with van der Waals surface area (Å²) in [5.41, 5.74) is 8.02. The molecule has 20 heavy (non-hydrogen) atoms. The lowest BCUT2D eigenvalue weighted by atomic mass is 10.2. The Labute approximate surface area is 129 Å². The summed E-state index contributed by atoms with van der Waals surface area (Å²) in [6, 6.07) is 5.03. The van der Waals surface area contributed by atoms with E-state index in [0.29, 0.717) is 26.4 Å². The van der Waals surface area contributed by atoms with Crippen LogP contribution in [-0.4, -0.2) is 15.7 Å². The molecule has 0 saturated carbocycles. The number of anilines is 1. The van der Waals surface area contributed by atoms with Gasteiger partial charge in [0.2, 0.25) is 0 Å². The van der Waals surface area contributed by atoms with Crippen LogP contribution in [0.15, 0.2) is 22.7 Å². The minimum absolute atomic E-state index is 0.0680. The molecule has 1 aromatic carbocycles. The average molecular weight is 359 g/mol. The zero-order chi connectivity index (χ0) is 14.9. The Balaban J connectivity index is 2.15. The smallest absolute Gasteiger partial charge is 0.339 e. The molecule has 0 spiro atoms. The fraction of sp³-hybridized carbons (Fsp3) is 0.231. The van der Waals surface area contributed by atoms with Crippen LogP contribution in [0.2, 0.25) is 5.15 Å². The number of aromatic nitrogens is 2. The van der Waals surface area contributed by atoms with E-state index < -0.39 is 5.97 Å². The minimum atomic E-state index is -0.469. The Bertz CT molecular complexity index is 670. The van der Waals surface area contributed by atoms with Gasteiger partial charge in [-0.25, -0.2) is 4.79 Å². The van der Waals surface area contributed by atoms with Crippen LogP contribution in [0.25, 0.3) is 0 Å². The van der Waals surface area contributed by atoms with Crippen molar-refractivity contribution in [3.05, 3.63) is 44.6 Å². The molecule has 0 aliphatic carbocycles. The molecule has 0 amide bonds. The highest BCUT2D eigenvalue weighted by Gasteiger charge is 2.16. The summed E-state index contributed by atoms with van der Waals surface area (Å²) in [5.74, 6) is -0.469. The summed E-state index contributed by atoms with van der Waals surface area (Å²) < 4.78 is 7.33. The molecule has 0 aliphatic rings. The molecule has 0 fully saturated rings. The van der Waals surface area contributed by atoms with Gasteiger partial charge in [-0.2, -0.15) is 5.10 Å². The first-order valence-corrected chi connectivity index (χ1v) is 6.98. The number of benzene rings is 1. The number of esters is 1. The van der Waals surface area contributed by atoms with Crippen LogP contribution in [0.4, 0.5) is 5.69 Å². The molecule has 106 valence electrons. The lowest BCUT2D eigenvalue weighted by Crippen LogP contribution is -2.07. The zero-order valence-corrected chi connectivity index (χ0v) is 13.3. The molecule has 0 aliphatic heterocycles. The molecule has 2 rings (SSSR count). The van der Waals surface area contributed by atoms with E-state index in [-0.39, 0.29) is 6.61 Å². The van der Waals surface area contributed by atoms with Gasteiger partial charge in [0.25, 0.3) is 0 Å². The molecule has 0 atom stereocenters. The maximum absolute atomic E-state index is 12.0. The highest BCUT2D eigenvalue weighted by molar-refractivity contribution is 9.10. The van der Waals surface area contributed by atoms with Gasteiger partial charge in [-0.3, -0.25) is 4.68 Å². The SMILES string of the molecule is Cc1nn(C)c(Cl)c1COC(=O)c1cccc(N)c1Br.